The summed E-state index contributed by atoms with van der Waals surface area (Å²) in [7, 11) is 0. The predicted molar refractivity (Wildman–Crippen MR) is 70.8 cm³/mol. The van der Waals surface area contributed by atoms with E-state index in [0.717, 1.165) is 6.42 Å². The summed E-state index contributed by atoms with van der Waals surface area (Å²) in [5.41, 5.74) is 9.12. The highest BCUT2D eigenvalue weighted by Gasteiger charge is 2.32. The van der Waals surface area contributed by atoms with E-state index in [0.29, 0.717) is 6.04 Å². The van der Waals surface area contributed by atoms with Crippen LogP contribution in [0, 0.1) is 0 Å². The summed E-state index contributed by atoms with van der Waals surface area (Å²) in [6.07, 6.45) is 6.62. The molecule has 3 rings (SSSR count). The molecule has 0 spiro atoms. The zero-order valence-corrected chi connectivity index (χ0v) is 10.4. The Morgan fingerprint density at radius 1 is 0.941 bits per heavy atom. The van der Waals surface area contributed by atoms with Crippen molar-refractivity contribution in [2.75, 3.05) is 13.1 Å². The summed E-state index contributed by atoms with van der Waals surface area (Å²) in [6, 6.07) is 9.58. The van der Waals surface area contributed by atoms with Gasteiger partial charge in [-0.05, 0) is 43.5 Å². The minimum Gasteiger partial charge on any atom is -0.324 e. The normalized spacial score (nSPS) is 29.9. The molecule has 0 saturated carbocycles. The van der Waals surface area contributed by atoms with E-state index in [2.05, 4.69) is 29.2 Å². The lowest BCUT2D eigenvalue weighted by atomic mass is 10.1. The maximum atomic E-state index is 6.26. The maximum absolute atomic E-state index is 6.26. The molecule has 2 heteroatoms. The van der Waals surface area contributed by atoms with Crippen molar-refractivity contribution in [1.29, 1.82) is 0 Å². The summed E-state index contributed by atoms with van der Waals surface area (Å²) in [4.78, 5) is 2.67. The van der Waals surface area contributed by atoms with Crippen molar-refractivity contribution in [1.82, 2.24) is 4.90 Å². The Bertz CT molecular complexity index is 380. The lowest BCUT2D eigenvalue weighted by Gasteiger charge is -2.28. The summed E-state index contributed by atoms with van der Waals surface area (Å²) < 4.78 is 0. The lowest BCUT2D eigenvalue weighted by molar-refractivity contribution is 0.199. The van der Waals surface area contributed by atoms with Crippen LogP contribution in [-0.4, -0.2) is 18.0 Å². The van der Waals surface area contributed by atoms with E-state index in [4.69, 9.17) is 5.73 Å². The Hall–Kier alpha value is -0.860. The average molecular weight is 230 g/mol. The largest absolute Gasteiger partial charge is 0.324 e. The molecular weight excluding hydrogens is 208 g/mol. The molecule has 1 aromatic rings. The van der Waals surface area contributed by atoms with E-state index in [1.54, 1.807) is 0 Å². The van der Waals surface area contributed by atoms with E-state index in [-0.39, 0.29) is 6.04 Å². The van der Waals surface area contributed by atoms with Crippen LogP contribution in [0.15, 0.2) is 24.3 Å². The van der Waals surface area contributed by atoms with Gasteiger partial charge in [0.05, 0.1) is 0 Å². The van der Waals surface area contributed by atoms with E-state index >= 15 is 0 Å². The minimum absolute atomic E-state index is 0.249. The van der Waals surface area contributed by atoms with Gasteiger partial charge < -0.3 is 5.73 Å². The highest BCUT2D eigenvalue weighted by molar-refractivity contribution is 5.37. The quantitative estimate of drug-likeness (QED) is 0.803. The van der Waals surface area contributed by atoms with E-state index in [1.165, 1.54) is 49.9 Å². The molecule has 1 fully saturated rings. The third-order valence-electron chi connectivity index (χ3n) is 4.31. The molecule has 1 aromatic carbocycles. The second-order valence-corrected chi connectivity index (χ2v) is 5.44. The maximum Gasteiger partial charge on any atom is 0.0369 e. The second-order valence-electron chi connectivity index (χ2n) is 5.44. The highest BCUT2D eigenvalue weighted by Crippen LogP contribution is 2.41. The second kappa shape index (κ2) is 4.79. The van der Waals surface area contributed by atoms with Gasteiger partial charge in [0.1, 0.15) is 0 Å². The van der Waals surface area contributed by atoms with Gasteiger partial charge in [0.2, 0.25) is 0 Å². The monoisotopic (exact) mass is 230 g/mol. The van der Waals surface area contributed by atoms with Gasteiger partial charge in [-0.3, -0.25) is 4.90 Å². The van der Waals surface area contributed by atoms with Gasteiger partial charge in [0, 0.05) is 12.1 Å². The highest BCUT2D eigenvalue weighted by atomic mass is 15.2. The lowest BCUT2D eigenvalue weighted by Crippen LogP contribution is -2.28. The zero-order chi connectivity index (χ0) is 11.7. The van der Waals surface area contributed by atoms with Crippen LogP contribution in [0.4, 0.5) is 0 Å². The standard InChI is InChI=1S/C15H22N2/c16-14-11-15(13-8-4-3-7-12(13)14)17-9-5-1-2-6-10-17/h3-4,7-8,14-15H,1-2,5-6,9-11,16H2. The van der Waals surface area contributed by atoms with Gasteiger partial charge in [-0.25, -0.2) is 0 Å². The van der Waals surface area contributed by atoms with Crippen LogP contribution in [0.1, 0.15) is 55.3 Å². The Balaban J connectivity index is 1.85. The molecule has 0 bridgehead atoms. The van der Waals surface area contributed by atoms with Crippen molar-refractivity contribution >= 4 is 0 Å². The fraction of sp³-hybridized carbons (Fsp3) is 0.600. The zero-order valence-electron chi connectivity index (χ0n) is 10.4. The number of hydrogen-bond acceptors (Lipinski definition) is 2. The average Bonchev–Trinajstić information content (AvgIpc) is 2.57. The van der Waals surface area contributed by atoms with E-state index < -0.39 is 0 Å². The van der Waals surface area contributed by atoms with Gasteiger partial charge in [0.25, 0.3) is 0 Å². The van der Waals surface area contributed by atoms with Crippen LogP contribution in [0.5, 0.6) is 0 Å². The van der Waals surface area contributed by atoms with Crippen molar-refractivity contribution < 1.29 is 0 Å². The fourth-order valence-corrected chi connectivity index (χ4v) is 3.40. The molecule has 0 radical (unpaired) electrons. The van der Waals surface area contributed by atoms with Crippen LogP contribution in [-0.2, 0) is 0 Å². The Morgan fingerprint density at radius 2 is 1.59 bits per heavy atom. The molecule has 2 aliphatic rings. The predicted octanol–water partition coefficient (Wildman–Crippen LogP) is 3.01. The van der Waals surface area contributed by atoms with Crippen LogP contribution in [0.2, 0.25) is 0 Å². The van der Waals surface area contributed by atoms with Crippen molar-refractivity contribution in [2.45, 2.75) is 44.2 Å². The third-order valence-corrected chi connectivity index (χ3v) is 4.31. The topological polar surface area (TPSA) is 29.3 Å². The summed E-state index contributed by atoms with van der Waals surface area (Å²) >= 11 is 0. The first-order valence-electron chi connectivity index (χ1n) is 6.95. The Labute approximate surface area is 104 Å². The molecular formula is C15H22N2. The molecule has 1 aliphatic heterocycles. The van der Waals surface area contributed by atoms with Crippen LogP contribution in [0.25, 0.3) is 0 Å². The SMILES string of the molecule is NC1CC(N2CCCCCC2)c2ccccc21. The molecule has 2 nitrogen and oxygen atoms in total. The first-order valence-corrected chi connectivity index (χ1v) is 6.95. The minimum atomic E-state index is 0.249. The van der Waals surface area contributed by atoms with Gasteiger partial charge in [-0.1, -0.05) is 37.1 Å². The Morgan fingerprint density at radius 3 is 2.29 bits per heavy atom. The van der Waals surface area contributed by atoms with Gasteiger partial charge >= 0.3 is 0 Å². The molecule has 0 amide bonds. The number of rotatable bonds is 1. The van der Waals surface area contributed by atoms with E-state index in [9.17, 15) is 0 Å². The van der Waals surface area contributed by atoms with Gasteiger partial charge in [-0.2, -0.15) is 0 Å². The van der Waals surface area contributed by atoms with Crippen molar-refractivity contribution in [2.24, 2.45) is 5.73 Å². The number of fused-ring (bicyclic) bond motifs is 1. The summed E-state index contributed by atoms with van der Waals surface area (Å²) in [5.74, 6) is 0. The third kappa shape index (κ3) is 2.12. The summed E-state index contributed by atoms with van der Waals surface area (Å²) in [5, 5.41) is 0. The molecule has 0 aromatic heterocycles. The fourth-order valence-electron chi connectivity index (χ4n) is 3.40. The Kier molecular flexibility index (Phi) is 3.17. The number of likely N-dealkylation sites (tertiary alicyclic amines) is 1. The van der Waals surface area contributed by atoms with Crippen molar-refractivity contribution in [3.8, 4) is 0 Å². The van der Waals surface area contributed by atoms with Gasteiger partial charge in [-0.15, -0.1) is 0 Å². The molecule has 2 unspecified atom stereocenters. The number of benzene rings is 1. The molecule has 92 valence electrons. The van der Waals surface area contributed by atoms with Crippen molar-refractivity contribution in [3.63, 3.8) is 0 Å². The first-order chi connectivity index (χ1) is 8.36. The molecule has 1 heterocycles. The number of nitrogens with two attached hydrogens (primary N) is 1. The molecule has 2 N–H and O–H groups in total. The van der Waals surface area contributed by atoms with Crippen molar-refractivity contribution in [3.05, 3.63) is 35.4 Å². The first kappa shape index (κ1) is 11.2. The molecule has 17 heavy (non-hydrogen) atoms. The molecule has 2 atom stereocenters. The van der Waals surface area contributed by atoms with Crippen LogP contribution >= 0.6 is 0 Å². The number of hydrogen-bond donors (Lipinski definition) is 1. The van der Waals surface area contributed by atoms with E-state index in [1.807, 2.05) is 0 Å². The van der Waals surface area contributed by atoms with Crippen LogP contribution in [0.3, 0.4) is 0 Å². The smallest absolute Gasteiger partial charge is 0.0369 e. The molecule has 1 saturated heterocycles. The van der Waals surface area contributed by atoms with Crippen LogP contribution < -0.4 is 5.73 Å². The summed E-state index contributed by atoms with van der Waals surface area (Å²) in [6.45, 7) is 2.51. The van der Waals surface area contributed by atoms with Gasteiger partial charge in [0.15, 0.2) is 0 Å². The number of nitrogens with zero attached hydrogens (tertiary/aromatic N) is 1. The molecule has 1 aliphatic carbocycles.